The highest BCUT2D eigenvalue weighted by atomic mass is 16.1. The molecule has 0 atom stereocenters. The number of imidazole rings is 1. The molecule has 0 spiro atoms. The van der Waals surface area contributed by atoms with Gasteiger partial charge < -0.3 is 15.6 Å². The number of pyridine rings is 1. The topological polar surface area (TPSA) is 107 Å². The quantitative estimate of drug-likeness (QED) is 0.529. The van der Waals surface area contributed by atoms with Crippen LogP contribution in [0.3, 0.4) is 0 Å². The van der Waals surface area contributed by atoms with Gasteiger partial charge in [0.2, 0.25) is 5.91 Å². The fourth-order valence-corrected chi connectivity index (χ4v) is 4.41. The minimum Gasteiger partial charge on any atom is -0.369 e. The van der Waals surface area contributed by atoms with Crippen LogP contribution in [0.25, 0.3) is 27.7 Å². The molecule has 31 heavy (non-hydrogen) atoms. The number of aromatic nitrogens is 4. The van der Waals surface area contributed by atoms with Crippen molar-refractivity contribution in [1.82, 2.24) is 24.5 Å². The van der Waals surface area contributed by atoms with E-state index >= 15 is 0 Å². The zero-order valence-corrected chi connectivity index (χ0v) is 17.3. The lowest BCUT2D eigenvalue weighted by molar-refractivity contribution is -0.117. The van der Waals surface area contributed by atoms with Gasteiger partial charge in [-0.15, -0.1) is 0 Å². The Labute approximate surface area is 178 Å². The number of carbonyl (C=O) groups is 1. The number of piperidine rings is 1. The van der Waals surface area contributed by atoms with Crippen LogP contribution in [-0.4, -0.2) is 38.2 Å². The van der Waals surface area contributed by atoms with Crippen LogP contribution in [0.5, 0.6) is 0 Å². The maximum Gasteiger partial charge on any atom is 0.258 e. The Morgan fingerprint density at radius 3 is 2.81 bits per heavy atom. The average molecular weight is 416 g/mol. The Bertz CT molecular complexity index is 1360. The largest absolute Gasteiger partial charge is 0.369 e. The van der Waals surface area contributed by atoms with Gasteiger partial charge in [-0.1, -0.05) is 6.07 Å². The van der Waals surface area contributed by atoms with Crippen LogP contribution in [0.4, 0.5) is 0 Å². The summed E-state index contributed by atoms with van der Waals surface area (Å²) in [6, 6.07) is 9.82. The first-order valence-electron chi connectivity index (χ1n) is 10.5. The summed E-state index contributed by atoms with van der Waals surface area (Å²) in [4.78, 5) is 29.1. The summed E-state index contributed by atoms with van der Waals surface area (Å²) in [5.74, 6) is -0.420. The molecule has 3 aromatic heterocycles. The zero-order chi connectivity index (χ0) is 21.5. The van der Waals surface area contributed by atoms with Crippen LogP contribution in [0.1, 0.15) is 30.1 Å². The first-order chi connectivity index (χ1) is 15.0. The Morgan fingerprint density at radius 1 is 1.23 bits per heavy atom. The molecule has 1 fully saturated rings. The smallest absolute Gasteiger partial charge is 0.258 e. The standard InChI is InChI=1S/C23H24N6O2/c1-14-13-29-22(26-14)17(12-21(24)30)11-20(27-29)16-2-3-19-15(10-16)6-9-28(23(19)31)18-4-7-25-8-5-18/h2-3,6,9-11,13,18,25H,4-5,7-8,12H2,1H3,(H2,24,30). The number of nitrogens with zero attached hydrogens (tertiary/aromatic N) is 4. The van der Waals surface area contributed by atoms with Gasteiger partial charge in [0, 0.05) is 28.8 Å². The molecular formula is C23H24N6O2. The fraction of sp³-hybridized carbons (Fsp3) is 0.304. The van der Waals surface area contributed by atoms with E-state index in [2.05, 4.69) is 15.4 Å². The van der Waals surface area contributed by atoms with Gasteiger partial charge in [0.25, 0.3) is 5.56 Å². The minimum absolute atomic E-state index is 0.0408. The Kier molecular flexibility index (Phi) is 4.78. The highest BCUT2D eigenvalue weighted by Gasteiger charge is 2.17. The summed E-state index contributed by atoms with van der Waals surface area (Å²) in [5.41, 5.74) is 9.22. The van der Waals surface area contributed by atoms with Gasteiger partial charge in [-0.3, -0.25) is 9.59 Å². The van der Waals surface area contributed by atoms with E-state index in [1.807, 2.05) is 54.2 Å². The molecule has 3 N–H and O–H groups in total. The summed E-state index contributed by atoms with van der Waals surface area (Å²) in [7, 11) is 0. The maximum absolute atomic E-state index is 13.1. The Morgan fingerprint density at radius 2 is 2.03 bits per heavy atom. The molecule has 8 nitrogen and oxygen atoms in total. The fourth-order valence-electron chi connectivity index (χ4n) is 4.41. The van der Waals surface area contributed by atoms with Gasteiger partial charge in [-0.05, 0) is 62.5 Å². The molecule has 1 aliphatic rings. The lowest BCUT2D eigenvalue weighted by atomic mass is 10.0. The van der Waals surface area contributed by atoms with Crippen molar-refractivity contribution in [2.24, 2.45) is 5.73 Å². The number of carbonyl (C=O) groups excluding carboxylic acids is 1. The summed E-state index contributed by atoms with van der Waals surface area (Å²) in [6.07, 6.45) is 5.73. The van der Waals surface area contributed by atoms with Crippen LogP contribution < -0.4 is 16.6 Å². The van der Waals surface area contributed by atoms with Crippen molar-refractivity contribution < 1.29 is 4.79 Å². The number of nitrogens with one attached hydrogen (secondary N) is 1. The zero-order valence-electron chi connectivity index (χ0n) is 17.3. The van der Waals surface area contributed by atoms with Gasteiger partial charge in [0.15, 0.2) is 5.65 Å². The monoisotopic (exact) mass is 416 g/mol. The molecule has 4 aromatic rings. The van der Waals surface area contributed by atoms with Crippen molar-refractivity contribution in [2.45, 2.75) is 32.2 Å². The predicted molar refractivity (Wildman–Crippen MR) is 119 cm³/mol. The maximum atomic E-state index is 13.1. The molecule has 158 valence electrons. The summed E-state index contributed by atoms with van der Waals surface area (Å²) >= 11 is 0. The third-order valence-corrected chi connectivity index (χ3v) is 5.92. The van der Waals surface area contributed by atoms with Crippen molar-refractivity contribution in [3.63, 3.8) is 0 Å². The number of nitrogens with two attached hydrogens (primary N) is 1. The Balaban J connectivity index is 1.59. The number of primary amides is 1. The molecule has 0 bridgehead atoms. The second-order valence-corrected chi connectivity index (χ2v) is 8.16. The molecule has 1 aromatic carbocycles. The van der Waals surface area contributed by atoms with Crippen molar-refractivity contribution >= 4 is 22.3 Å². The van der Waals surface area contributed by atoms with Crippen LogP contribution in [0, 0.1) is 6.92 Å². The number of rotatable bonds is 4. The van der Waals surface area contributed by atoms with Crippen LogP contribution in [0.15, 0.2) is 47.5 Å². The van der Waals surface area contributed by atoms with Crippen molar-refractivity contribution in [1.29, 1.82) is 0 Å². The number of benzene rings is 1. The Hall–Kier alpha value is -3.52. The lowest BCUT2D eigenvalue weighted by Gasteiger charge is -2.25. The number of fused-ring (bicyclic) bond motifs is 2. The third kappa shape index (κ3) is 3.59. The molecule has 0 radical (unpaired) electrons. The predicted octanol–water partition coefficient (Wildman–Crippen LogP) is 1.97. The van der Waals surface area contributed by atoms with Crippen LogP contribution in [-0.2, 0) is 11.2 Å². The second kappa shape index (κ2) is 7.63. The number of hydrogen-bond donors (Lipinski definition) is 2. The first kappa shape index (κ1) is 19.4. The average Bonchev–Trinajstić information content (AvgIpc) is 3.14. The van der Waals surface area contributed by atoms with Gasteiger partial charge in [-0.25, -0.2) is 9.50 Å². The summed E-state index contributed by atoms with van der Waals surface area (Å²) in [5, 5.41) is 9.57. The molecular weight excluding hydrogens is 392 g/mol. The van der Waals surface area contributed by atoms with E-state index in [0.717, 1.165) is 48.1 Å². The molecule has 1 aliphatic heterocycles. The van der Waals surface area contributed by atoms with E-state index in [0.29, 0.717) is 16.7 Å². The van der Waals surface area contributed by atoms with Crippen LogP contribution in [0.2, 0.25) is 0 Å². The van der Waals surface area contributed by atoms with E-state index in [9.17, 15) is 9.59 Å². The van der Waals surface area contributed by atoms with Gasteiger partial charge in [0.1, 0.15) is 0 Å². The first-order valence-corrected chi connectivity index (χ1v) is 10.5. The summed E-state index contributed by atoms with van der Waals surface area (Å²) in [6.45, 7) is 3.75. The number of aryl methyl sites for hydroxylation is 1. The van der Waals surface area contributed by atoms with Gasteiger partial charge >= 0.3 is 0 Å². The highest BCUT2D eigenvalue weighted by Crippen LogP contribution is 2.25. The van der Waals surface area contributed by atoms with Gasteiger partial charge in [-0.2, -0.15) is 5.10 Å². The van der Waals surface area contributed by atoms with Crippen molar-refractivity contribution in [2.75, 3.05) is 13.1 Å². The van der Waals surface area contributed by atoms with E-state index in [1.165, 1.54) is 0 Å². The number of hydrogen-bond acceptors (Lipinski definition) is 5. The van der Waals surface area contributed by atoms with Crippen molar-refractivity contribution in [3.05, 3.63) is 64.3 Å². The molecule has 4 heterocycles. The lowest BCUT2D eigenvalue weighted by Crippen LogP contribution is -2.34. The molecule has 0 saturated carbocycles. The number of amides is 1. The molecule has 1 amide bonds. The normalized spacial score (nSPS) is 15.0. The summed E-state index contributed by atoms with van der Waals surface area (Å²) < 4.78 is 3.55. The van der Waals surface area contributed by atoms with E-state index in [1.54, 1.807) is 4.52 Å². The van der Waals surface area contributed by atoms with E-state index < -0.39 is 5.91 Å². The minimum atomic E-state index is -0.420. The van der Waals surface area contributed by atoms with E-state index in [4.69, 9.17) is 5.73 Å². The second-order valence-electron chi connectivity index (χ2n) is 8.16. The molecule has 0 unspecified atom stereocenters. The molecule has 5 rings (SSSR count). The van der Waals surface area contributed by atoms with Crippen molar-refractivity contribution in [3.8, 4) is 11.3 Å². The highest BCUT2D eigenvalue weighted by molar-refractivity contribution is 5.86. The van der Waals surface area contributed by atoms with E-state index in [-0.39, 0.29) is 18.0 Å². The molecule has 1 saturated heterocycles. The van der Waals surface area contributed by atoms with Crippen LogP contribution >= 0.6 is 0 Å². The third-order valence-electron chi connectivity index (χ3n) is 5.92. The van der Waals surface area contributed by atoms with Gasteiger partial charge in [0.05, 0.1) is 24.0 Å². The molecule has 0 aliphatic carbocycles. The molecule has 8 heteroatoms. The SMILES string of the molecule is Cc1cn2nc(-c3ccc4c(=O)n(C5CCNCC5)ccc4c3)cc(CC(N)=O)c2n1.